The summed E-state index contributed by atoms with van der Waals surface area (Å²) in [6.07, 6.45) is 11.6. The second-order valence-electron chi connectivity index (χ2n) is 5.07. The first-order valence-electron chi connectivity index (χ1n) is 6.76. The van der Waals surface area contributed by atoms with E-state index < -0.39 is 0 Å². The van der Waals surface area contributed by atoms with E-state index in [9.17, 15) is 0 Å². The highest BCUT2D eigenvalue weighted by molar-refractivity contribution is 7.99. The SMILES string of the molecule is CSC1CCCCC1NC1CCCOCC1. The van der Waals surface area contributed by atoms with Gasteiger partial charge in [-0.1, -0.05) is 12.8 Å². The van der Waals surface area contributed by atoms with Crippen molar-refractivity contribution in [3.63, 3.8) is 0 Å². The summed E-state index contributed by atoms with van der Waals surface area (Å²) in [5.74, 6) is 0. The Hall–Kier alpha value is 0.270. The molecular formula is C13H25NOS. The zero-order chi connectivity index (χ0) is 11.2. The van der Waals surface area contributed by atoms with Crippen molar-refractivity contribution in [3.8, 4) is 0 Å². The third-order valence-corrected chi connectivity index (χ3v) is 5.08. The molecule has 1 aliphatic heterocycles. The van der Waals surface area contributed by atoms with Gasteiger partial charge >= 0.3 is 0 Å². The van der Waals surface area contributed by atoms with Gasteiger partial charge in [0.1, 0.15) is 0 Å². The lowest BCUT2D eigenvalue weighted by Crippen LogP contribution is -2.45. The molecule has 0 spiro atoms. The molecule has 1 saturated heterocycles. The Morgan fingerprint density at radius 2 is 1.88 bits per heavy atom. The van der Waals surface area contributed by atoms with Crippen molar-refractivity contribution in [2.75, 3.05) is 19.5 Å². The van der Waals surface area contributed by atoms with Crippen molar-refractivity contribution in [1.29, 1.82) is 0 Å². The van der Waals surface area contributed by atoms with Crippen LogP contribution in [0.2, 0.25) is 0 Å². The summed E-state index contributed by atoms with van der Waals surface area (Å²) in [5.41, 5.74) is 0. The fraction of sp³-hybridized carbons (Fsp3) is 1.00. The number of ether oxygens (including phenoxy) is 1. The third kappa shape index (κ3) is 3.64. The number of thioether (sulfide) groups is 1. The second-order valence-corrected chi connectivity index (χ2v) is 6.15. The first-order chi connectivity index (χ1) is 7.90. The molecule has 0 aromatic carbocycles. The van der Waals surface area contributed by atoms with Crippen molar-refractivity contribution in [1.82, 2.24) is 5.32 Å². The van der Waals surface area contributed by atoms with Crippen molar-refractivity contribution in [3.05, 3.63) is 0 Å². The van der Waals surface area contributed by atoms with Gasteiger partial charge in [-0.2, -0.15) is 11.8 Å². The van der Waals surface area contributed by atoms with Crippen LogP contribution in [0.3, 0.4) is 0 Å². The van der Waals surface area contributed by atoms with Gasteiger partial charge in [-0.05, 0) is 38.4 Å². The summed E-state index contributed by atoms with van der Waals surface area (Å²) in [6.45, 7) is 1.92. The second kappa shape index (κ2) is 6.87. The van der Waals surface area contributed by atoms with Crippen LogP contribution in [0.1, 0.15) is 44.9 Å². The van der Waals surface area contributed by atoms with Gasteiger partial charge in [0.2, 0.25) is 0 Å². The normalized spacial score (nSPS) is 36.9. The summed E-state index contributed by atoms with van der Waals surface area (Å²) in [5, 5.41) is 4.74. The molecule has 2 aliphatic rings. The lowest BCUT2D eigenvalue weighted by atomic mass is 9.93. The molecule has 94 valence electrons. The Morgan fingerprint density at radius 3 is 2.75 bits per heavy atom. The molecule has 1 aliphatic carbocycles. The molecule has 0 amide bonds. The smallest absolute Gasteiger partial charge is 0.0480 e. The number of hydrogen-bond acceptors (Lipinski definition) is 3. The third-order valence-electron chi connectivity index (χ3n) is 3.91. The Bertz CT molecular complexity index is 192. The minimum Gasteiger partial charge on any atom is -0.381 e. The van der Waals surface area contributed by atoms with Gasteiger partial charge < -0.3 is 10.1 Å². The van der Waals surface area contributed by atoms with E-state index >= 15 is 0 Å². The van der Waals surface area contributed by atoms with Crippen LogP contribution in [0.25, 0.3) is 0 Å². The summed E-state index contributed by atoms with van der Waals surface area (Å²) in [4.78, 5) is 0. The van der Waals surface area contributed by atoms with Crippen molar-refractivity contribution in [2.24, 2.45) is 0 Å². The number of nitrogens with one attached hydrogen (secondary N) is 1. The van der Waals surface area contributed by atoms with Crippen LogP contribution < -0.4 is 5.32 Å². The number of hydrogen-bond donors (Lipinski definition) is 1. The molecule has 2 rings (SSSR count). The Balaban J connectivity index is 1.81. The van der Waals surface area contributed by atoms with Crippen LogP contribution in [-0.2, 0) is 4.74 Å². The molecule has 1 saturated carbocycles. The molecule has 0 bridgehead atoms. The zero-order valence-corrected chi connectivity index (χ0v) is 11.2. The van der Waals surface area contributed by atoms with Crippen molar-refractivity contribution < 1.29 is 4.74 Å². The molecule has 2 fully saturated rings. The van der Waals surface area contributed by atoms with E-state index in [0.29, 0.717) is 6.04 Å². The Labute approximate surface area is 104 Å². The van der Waals surface area contributed by atoms with Crippen molar-refractivity contribution >= 4 is 11.8 Å². The maximum absolute atomic E-state index is 5.52. The van der Waals surface area contributed by atoms with E-state index in [1.54, 1.807) is 0 Å². The minimum absolute atomic E-state index is 0.709. The fourth-order valence-electron chi connectivity index (χ4n) is 2.94. The molecule has 3 unspecified atom stereocenters. The molecule has 0 aromatic rings. The van der Waals surface area contributed by atoms with Gasteiger partial charge in [0.25, 0.3) is 0 Å². The number of rotatable bonds is 3. The van der Waals surface area contributed by atoms with E-state index in [-0.39, 0.29) is 0 Å². The largest absolute Gasteiger partial charge is 0.381 e. The van der Waals surface area contributed by atoms with Crippen molar-refractivity contribution in [2.45, 2.75) is 62.3 Å². The lowest BCUT2D eigenvalue weighted by Gasteiger charge is -2.34. The maximum atomic E-state index is 5.52. The van der Waals surface area contributed by atoms with Gasteiger partial charge in [-0.3, -0.25) is 0 Å². The lowest BCUT2D eigenvalue weighted by molar-refractivity contribution is 0.142. The molecule has 0 aromatic heterocycles. The van der Waals surface area contributed by atoms with Crippen LogP contribution in [0.5, 0.6) is 0 Å². The molecule has 1 heterocycles. The Morgan fingerprint density at radius 1 is 1.00 bits per heavy atom. The first kappa shape index (κ1) is 12.7. The average Bonchev–Trinajstić information content (AvgIpc) is 2.58. The summed E-state index contributed by atoms with van der Waals surface area (Å²) in [6, 6.07) is 1.46. The van der Waals surface area contributed by atoms with Crippen LogP contribution >= 0.6 is 11.8 Å². The average molecular weight is 243 g/mol. The minimum atomic E-state index is 0.709. The van der Waals surface area contributed by atoms with Crippen LogP contribution in [0.15, 0.2) is 0 Å². The quantitative estimate of drug-likeness (QED) is 0.823. The maximum Gasteiger partial charge on any atom is 0.0480 e. The van der Waals surface area contributed by atoms with E-state index in [4.69, 9.17) is 4.74 Å². The monoisotopic (exact) mass is 243 g/mol. The highest BCUT2D eigenvalue weighted by atomic mass is 32.2. The molecule has 3 atom stereocenters. The molecule has 16 heavy (non-hydrogen) atoms. The van der Waals surface area contributed by atoms with Crippen LogP contribution in [-0.4, -0.2) is 36.8 Å². The Kier molecular flexibility index (Phi) is 5.46. The summed E-state index contributed by atoms with van der Waals surface area (Å²) < 4.78 is 5.52. The standard InChI is InChI=1S/C13H25NOS/c1-16-13-7-3-2-6-12(13)14-11-5-4-9-15-10-8-11/h11-14H,2-10H2,1H3. The fourth-order valence-corrected chi connectivity index (χ4v) is 3.89. The predicted molar refractivity (Wildman–Crippen MR) is 71.2 cm³/mol. The highest BCUT2D eigenvalue weighted by Crippen LogP contribution is 2.28. The molecule has 0 radical (unpaired) electrons. The van der Waals surface area contributed by atoms with Gasteiger partial charge in [0.15, 0.2) is 0 Å². The molecule has 3 heteroatoms. The van der Waals surface area contributed by atoms with Gasteiger partial charge in [-0.25, -0.2) is 0 Å². The summed E-state index contributed by atoms with van der Waals surface area (Å²) >= 11 is 2.05. The van der Waals surface area contributed by atoms with Gasteiger partial charge in [-0.15, -0.1) is 0 Å². The van der Waals surface area contributed by atoms with Gasteiger partial charge in [0.05, 0.1) is 0 Å². The van der Waals surface area contributed by atoms with Crippen LogP contribution in [0.4, 0.5) is 0 Å². The molecule has 2 nitrogen and oxygen atoms in total. The molecule has 1 N–H and O–H groups in total. The summed E-state index contributed by atoms with van der Waals surface area (Å²) in [7, 11) is 0. The van der Waals surface area contributed by atoms with E-state index in [1.807, 2.05) is 0 Å². The first-order valence-corrected chi connectivity index (χ1v) is 8.05. The van der Waals surface area contributed by atoms with E-state index in [0.717, 1.165) is 24.5 Å². The zero-order valence-electron chi connectivity index (χ0n) is 10.4. The topological polar surface area (TPSA) is 21.3 Å². The van der Waals surface area contributed by atoms with E-state index in [1.165, 1.54) is 44.9 Å². The predicted octanol–water partition coefficient (Wildman–Crippen LogP) is 2.82. The molecular weight excluding hydrogens is 218 g/mol. The van der Waals surface area contributed by atoms with E-state index in [2.05, 4.69) is 23.3 Å². The highest BCUT2D eigenvalue weighted by Gasteiger charge is 2.26. The van der Waals surface area contributed by atoms with Gasteiger partial charge in [0, 0.05) is 30.5 Å². The van der Waals surface area contributed by atoms with Crippen LogP contribution in [0, 0.1) is 0 Å².